The SMILES string of the molecule is Cc1nn(C)c2c(C)n[nH]c12. The predicted octanol–water partition coefficient (Wildman–Crippen LogP) is 0.913. The summed E-state index contributed by atoms with van der Waals surface area (Å²) in [5, 5.41) is 11.3. The van der Waals surface area contributed by atoms with Gasteiger partial charge in [-0.1, -0.05) is 0 Å². The number of nitrogens with one attached hydrogen (secondary N) is 1. The monoisotopic (exact) mass is 150 g/mol. The van der Waals surface area contributed by atoms with Gasteiger partial charge in [0.2, 0.25) is 0 Å². The maximum absolute atomic E-state index is 4.26. The molecule has 2 aromatic heterocycles. The zero-order valence-corrected chi connectivity index (χ0v) is 6.84. The summed E-state index contributed by atoms with van der Waals surface area (Å²) in [6.07, 6.45) is 0. The lowest BCUT2D eigenvalue weighted by molar-refractivity contribution is 0.777. The lowest BCUT2D eigenvalue weighted by Crippen LogP contribution is -1.91. The van der Waals surface area contributed by atoms with Gasteiger partial charge in [-0.15, -0.1) is 0 Å². The second-order valence-corrected chi connectivity index (χ2v) is 2.74. The van der Waals surface area contributed by atoms with Crippen LogP contribution in [-0.2, 0) is 7.05 Å². The molecule has 2 heterocycles. The zero-order chi connectivity index (χ0) is 8.01. The van der Waals surface area contributed by atoms with E-state index in [0.717, 1.165) is 22.4 Å². The van der Waals surface area contributed by atoms with Gasteiger partial charge in [0.05, 0.1) is 11.4 Å². The molecule has 0 bridgehead atoms. The quantitative estimate of drug-likeness (QED) is 0.606. The molecule has 0 aromatic carbocycles. The fraction of sp³-hybridized carbons (Fsp3) is 0.429. The first-order valence-electron chi connectivity index (χ1n) is 3.54. The number of H-pyrrole nitrogens is 1. The molecule has 11 heavy (non-hydrogen) atoms. The molecule has 0 radical (unpaired) electrons. The van der Waals surface area contributed by atoms with Crippen molar-refractivity contribution in [2.75, 3.05) is 0 Å². The fourth-order valence-electron chi connectivity index (χ4n) is 1.40. The van der Waals surface area contributed by atoms with E-state index >= 15 is 0 Å². The third kappa shape index (κ3) is 0.691. The van der Waals surface area contributed by atoms with Crippen molar-refractivity contribution >= 4 is 11.0 Å². The Balaban J connectivity index is 2.98. The van der Waals surface area contributed by atoms with Gasteiger partial charge < -0.3 is 0 Å². The van der Waals surface area contributed by atoms with E-state index in [1.165, 1.54) is 0 Å². The lowest BCUT2D eigenvalue weighted by Gasteiger charge is -1.87. The molecular formula is C7H10N4. The smallest absolute Gasteiger partial charge is 0.109 e. The summed E-state index contributed by atoms with van der Waals surface area (Å²) >= 11 is 0. The molecule has 0 aliphatic rings. The van der Waals surface area contributed by atoms with E-state index in [1.807, 2.05) is 25.6 Å². The van der Waals surface area contributed by atoms with E-state index < -0.39 is 0 Å². The molecule has 0 amide bonds. The van der Waals surface area contributed by atoms with Gasteiger partial charge in [-0.3, -0.25) is 9.78 Å². The highest BCUT2D eigenvalue weighted by Crippen LogP contribution is 2.16. The topological polar surface area (TPSA) is 46.5 Å². The fourth-order valence-corrected chi connectivity index (χ4v) is 1.40. The minimum atomic E-state index is 1.00. The van der Waals surface area contributed by atoms with Crippen molar-refractivity contribution in [3.05, 3.63) is 11.4 Å². The van der Waals surface area contributed by atoms with Gasteiger partial charge in [0, 0.05) is 7.05 Å². The van der Waals surface area contributed by atoms with Crippen LogP contribution in [0.1, 0.15) is 11.4 Å². The Kier molecular flexibility index (Phi) is 1.07. The maximum Gasteiger partial charge on any atom is 0.109 e. The van der Waals surface area contributed by atoms with Gasteiger partial charge in [0.15, 0.2) is 0 Å². The number of fused-ring (bicyclic) bond motifs is 1. The summed E-state index contributed by atoms with van der Waals surface area (Å²) < 4.78 is 1.85. The van der Waals surface area contributed by atoms with Gasteiger partial charge in [0.1, 0.15) is 11.0 Å². The first-order valence-corrected chi connectivity index (χ1v) is 3.54. The van der Waals surface area contributed by atoms with Gasteiger partial charge in [-0.25, -0.2) is 0 Å². The predicted molar refractivity (Wildman–Crippen MR) is 42.3 cm³/mol. The van der Waals surface area contributed by atoms with Gasteiger partial charge in [0.25, 0.3) is 0 Å². The molecule has 0 aliphatic carbocycles. The van der Waals surface area contributed by atoms with Crippen molar-refractivity contribution in [3.63, 3.8) is 0 Å². The van der Waals surface area contributed by atoms with Crippen LogP contribution >= 0.6 is 0 Å². The van der Waals surface area contributed by atoms with Crippen LogP contribution < -0.4 is 0 Å². The molecule has 0 atom stereocenters. The lowest BCUT2D eigenvalue weighted by atomic mass is 10.3. The van der Waals surface area contributed by atoms with Gasteiger partial charge >= 0.3 is 0 Å². The van der Waals surface area contributed by atoms with Crippen LogP contribution in [0.25, 0.3) is 11.0 Å². The summed E-state index contributed by atoms with van der Waals surface area (Å²) in [5.41, 5.74) is 4.15. The molecule has 1 N–H and O–H groups in total. The van der Waals surface area contributed by atoms with E-state index in [0.29, 0.717) is 0 Å². The first-order chi connectivity index (χ1) is 5.20. The van der Waals surface area contributed by atoms with Crippen molar-refractivity contribution in [3.8, 4) is 0 Å². The zero-order valence-electron chi connectivity index (χ0n) is 6.84. The third-order valence-electron chi connectivity index (χ3n) is 1.90. The van der Waals surface area contributed by atoms with E-state index in [1.54, 1.807) is 0 Å². The molecule has 0 aliphatic heterocycles. The third-order valence-corrected chi connectivity index (χ3v) is 1.90. The van der Waals surface area contributed by atoms with Crippen LogP contribution in [0.15, 0.2) is 0 Å². The van der Waals surface area contributed by atoms with Crippen molar-refractivity contribution in [1.29, 1.82) is 0 Å². The average molecular weight is 150 g/mol. The summed E-state index contributed by atoms with van der Waals surface area (Å²) in [6, 6.07) is 0. The van der Waals surface area contributed by atoms with Crippen LogP contribution in [0.5, 0.6) is 0 Å². The number of hydrogen-bond donors (Lipinski definition) is 1. The summed E-state index contributed by atoms with van der Waals surface area (Å²) in [4.78, 5) is 0. The van der Waals surface area contributed by atoms with Crippen LogP contribution in [0.3, 0.4) is 0 Å². The molecule has 0 spiro atoms. The van der Waals surface area contributed by atoms with Gasteiger partial charge in [-0.2, -0.15) is 10.2 Å². The number of aromatic amines is 1. The average Bonchev–Trinajstić information content (AvgIpc) is 2.41. The summed E-state index contributed by atoms with van der Waals surface area (Å²) in [5.74, 6) is 0. The molecule has 2 rings (SSSR count). The molecule has 0 saturated heterocycles. The maximum atomic E-state index is 4.26. The summed E-state index contributed by atoms with van der Waals surface area (Å²) in [6.45, 7) is 3.94. The van der Waals surface area contributed by atoms with E-state index in [4.69, 9.17) is 0 Å². The Morgan fingerprint density at radius 3 is 2.64 bits per heavy atom. The Hall–Kier alpha value is -1.32. The molecule has 0 unspecified atom stereocenters. The highest BCUT2D eigenvalue weighted by molar-refractivity contribution is 5.79. The molecule has 0 fully saturated rings. The normalized spacial score (nSPS) is 11.2. The second-order valence-electron chi connectivity index (χ2n) is 2.74. The van der Waals surface area contributed by atoms with Crippen LogP contribution in [0.2, 0.25) is 0 Å². The van der Waals surface area contributed by atoms with Crippen molar-refractivity contribution in [2.45, 2.75) is 13.8 Å². The molecule has 4 nitrogen and oxygen atoms in total. The Morgan fingerprint density at radius 1 is 1.27 bits per heavy atom. The van der Waals surface area contributed by atoms with E-state index in [-0.39, 0.29) is 0 Å². The number of nitrogens with zero attached hydrogens (tertiary/aromatic N) is 3. The second kappa shape index (κ2) is 1.84. The molecular weight excluding hydrogens is 140 g/mol. The highest BCUT2D eigenvalue weighted by Gasteiger charge is 2.08. The first kappa shape index (κ1) is 6.39. The van der Waals surface area contributed by atoms with Crippen LogP contribution in [0.4, 0.5) is 0 Å². The Labute approximate surface area is 64.2 Å². The van der Waals surface area contributed by atoms with Crippen LogP contribution in [0, 0.1) is 13.8 Å². The molecule has 0 saturated carbocycles. The van der Waals surface area contributed by atoms with Crippen LogP contribution in [-0.4, -0.2) is 20.0 Å². The highest BCUT2D eigenvalue weighted by atomic mass is 15.3. The molecule has 58 valence electrons. The Morgan fingerprint density at radius 2 is 2.00 bits per heavy atom. The standard InChI is InChI=1S/C7H10N4/c1-4-6-7(11(3)10-4)5(2)8-9-6/h1-3H3,(H,8,9). The largest absolute Gasteiger partial charge is 0.274 e. The minimum absolute atomic E-state index is 1.00. The molecule has 4 heteroatoms. The van der Waals surface area contributed by atoms with Crippen molar-refractivity contribution < 1.29 is 0 Å². The number of hydrogen-bond acceptors (Lipinski definition) is 2. The Bertz CT molecular complexity index is 396. The number of aryl methyl sites for hydroxylation is 3. The van der Waals surface area contributed by atoms with E-state index in [9.17, 15) is 0 Å². The number of aromatic nitrogens is 4. The molecule has 2 aromatic rings. The van der Waals surface area contributed by atoms with Crippen molar-refractivity contribution in [1.82, 2.24) is 20.0 Å². The summed E-state index contributed by atoms with van der Waals surface area (Å²) in [7, 11) is 1.93. The number of rotatable bonds is 0. The van der Waals surface area contributed by atoms with Crippen molar-refractivity contribution in [2.24, 2.45) is 7.05 Å². The van der Waals surface area contributed by atoms with Gasteiger partial charge in [-0.05, 0) is 13.8 Å². The van der Waals surface area contributed by atoms with E-state index in [2.05, 4.69) is 15.3 Å². The minimum Gasteiger partial charge on any atom is -0.274 e.